The van der Waals surface area contributed by atoms with E-state index in [4.69, 9.17) is 9.47 Å². The normalized spacial score (nSPS) is 18.0. The molecular weight excluding hydrogens is 298 g/mol. The maximum atomic E-state index is 12.6. The smallest absolute Gasteiger partial charge is 0.328 e. The summed E-state index contributed by atoms with van der Waals surface area (Å²) in [5.74, 6) is -0.374. The number of hydrogen-bond donors (Lipinski definition) is 0. The summed E-state index contributed by atoms with van der Waals surface area (Å²) in [6, 6.07) is 4.20. The van der Waals surface area contributed by atoms with Gasteiger partial charge in [-0.1, -0.05) is 13.8 Å². The van der Waals surface area contributed by atoms with Crippen LogP contribution in [0.15, 0.2) is 18.2 Å². The van der Waals surface area contributed by atoms with Crippen molar-refractivity contribution in [1.82, 2.24) is 0 Å². The standard InChI is InChI=1S/C17H21NO5/c1-5-12(17(21)22-4)18-13-9-11(14(19)6-2)7-8-15(13)23-10(3)16(18)20/h7-10,12H,5-6H2,1-4H3. The summed E-state index contributed by atoms with van der Waals surface area (Å²) < 4.78 is 10.4. The molecule has 1 heterocycles. The highest BCUT2D eigenvalue weighted by Crippen LogP contribution is 2.37. The lowest BCUT2D eigenvalue weighted by Crippen LogP contribution is -2.52. The van der Waals surface area contributed by atoms with Crippen molar-refractivity contribution in [3.05, 3.63) is 23.8 Å². The second-order valence-electron chi connectivity index (χ2n) is 5.37. The monoisotopic (exact) mass is 319 g/mol. The molecular formula is C17H21NO5. The molecule has 2 atom stereocenters. The molecule has 124 valence electrons. The number of rotatable bonds is 5. The van der Waals surface area contributed by atoms with Gasteiger partial charge in [0.1, 0.15) is 11.8 Å². The van der Waals surface area contributed by atoms with Crippen LogP contribution in [0.2, 0.25) is 0 Å². The first-order valence-corrected chi connectivity index (χ1v) is 7.69. The molecule has 2 unspecified atom stereocenters. The Kier molecular flexibility index (Phi) is 5.03. The first-order chi connectivity index (χ1) is 10.9. The Balaban J connectivity index is 2.56. The minimum atomic E-state index is -0.746. The Morgan fingerprint density at radius 1 is 1.35 bits per heavy atom. The van der Waals surface area contributed by atoms with E-state index in [-0.39, 0.29) is 11.7 Å². The third kappa shape index (κ3) is 3.06. The minimum Gasteiger partial charge on any atom is -0.479 e. The molecule has 0 radical (unpaired) electrons. The summed E-state index contributed by atoms with van der Waals surface area (Å²) in [5, 5.41) is 0. The maximum Gasteiger partial charge on any atom is 0.328 e. The quantitative estimate of drug-likeness (QED) is 0.615. The van der Waals surface area contributed by atoms with Gasteiger partial charge in [-0.3, -0.25) is 14.5 Å². The van der Waals surface area contributed by atoms with Crippen LogP contribution in [-0.2, 0) is 14.3 Å². The first kappa shape index (κ1) is 17.0. The molecule has 0 spiro atoms. The topological polar surface area (TPSA) is 72.9 Å². The molecule has 6 nitrogen and oxygen atoms in total. The zero-order valence-electron chi connectivity index (χ0n) is 13.8. The molecule has 0 fully saturated rings. The molecule has 1 aliphatic rings. The zero-order chi connectivity index (χ0) is 17.1. The Morgan fingerprint density at radius 2 is 2.04 bits per heavy atom. The summed E-state index contributed by atoms with van der Waals surface area (Å²) in [5.41, 5.74) is 0.923. The summed E-state index contributed by atoms with van der Waals surface area (Å²) in [6.07, 6.45) is 0.0586. The van der Waals surface area contributed by atoms with Crippen molar-refractivity contribution in [3.63, 3.8) is 0 Å². The van der Waals surface area contributed by atoms with Gasteiger partial charge >= 0.3 is 5.97 Å². The van der Waals surface area contributed by atoms with Crippen LogP contribution < -0.4 is 9.64 Å². The van der Waals surface area contributed by atoms with Gasteiger partial charge in [0, 0.05) is 12.0 Å². The molecule has 0 saturated carbocycles. The van der Waals surface area contributed by atoms with Gasteiger partial charge in [0.05, 0.1) is 12.8 Å². The Bertz CT molecular complexity index is 640. The van der Waals surface area contributed by atoms with Crippen LogP contribution in [0.4, 0.5) is 5.69 Å². The van der Waals surface area contributed by atoms with E-state index in [0.29, 0.717) is 29.8 Å². The van der Waals surface area contributed by atoms with Crippen molar-refractivity contribution in [2.45, 2.75) is 45.8 Å². The first-order valence-electron chi connectivity index (χ1n) is 7.69. The summed E-state index contributed by atoms with van der Waals surface area (Å²) >= 11 is 0. The molecule has 0 N–H and O–H groups in total. The molecule has 23 heavy (non-hydrogen) atoms. The summed E-state index contributed by atoms with van der Waals surface area (Å²) in [6.45, 7) is 5.20. The van der Waals surface area contributed by atoms with Gasteiger partial charge in [-0.15, -0.1) is 0 Å². The van der Waals surface area contributed by atoms with Crippen LogP contribution in [-0.4, -0.2) is 36.9 Å². The van der Waals surface area contributed by atoms with E-state index < -0.39 is 18.1 Å². The van der Waals surface area contributed by atoms with E-state index in [1.54, 1.807) is 39.0 Å². The highest BCUT2D eigenvalue weighted by molar-refractivity contribution is 6.06. The molecule has 0 saturated heterocycles. The van der Waals surface area contributed by atoms with Gasteiger partial charge in [-0.05, 0) is 31.5 Å². The Morgan fingerprint density at radius 3 is 2.61 bits per heavy atom. The lowest BCUT2D eigenvalue weighted by Gasteiger charge is -2.36. The van der Waals surface area contributed by atoms with E-state index >= 15 is 0 Å². The van der Waals surface area contributed by atoms with E-state index in [2.05, 4.69) is 0 Å². The number of nitrogens with zero attached hydrogens (tertiary/aromatic N) is 1. The number of fused-ring (bicyclic) bond motifs is 1. The van der Waals surface area contributed by atoms with Crippen LogP contribution >= 0.6 is 0 Å². The van der Waals surface area contributed by atoms with Gasteiger partial charge in [0.25, 0.3) is 5.91 Å². The SMILES string of the molecule is CCC(=O)c1ccc2c(c1)N(C(CC)C(=O)OC)C(=O)C(C)O2. The molecule has 2 rings (SSSR count). The predicted octanol–water partition coefficient (Wildman–Crippen LogP) is 2.34. The molecule has 1 aliphatic heterocycles. The van der Waals surface area contributed by atoms with Crippen LogP contribution in [0.5, 0.6) is 5.75 Å². The average molecular weight is 319 g/mol. The minimum absolute atomic E-state index is 0.0371. The Labute approximate surface area is 135 Å². The number of anilines is 1. The highest BCUT2D eigenvalue weighted by atomic mass is 16.5. The van der Waals surface area contributed by atoms with Gasteiger partial charge < -0.3 is 9.47 Å². The molecule has 6 heteroatoms. The van der Waals surface area contributed by atoms with E-state index in [1.807, 2.05) is 0 Å². The van der Waals surface area contributed by atoms with Crippen LogP contribution in [0, 0.1) is 0 Å². The maximum absolute atomic E-state index is 12.6. The number of hydrogen-bond acceptors (Lipinski definition) is 5. The molecule has 0 bridgehead atoms. The van der Waals surface area contributed by atoms with E-state index in [0.717, 1.165) is 0 Å². The van der Waals surface area contributed by atoms with Crippen molar-refractivity contribution in [2.75, 3.05) is 12.0 Å². The predicted molar refractivity (Wildman–Crippen MR) is 84.7 cm³/mol. The van der Waals surface area contributed by atoms with Crippen LogP contribution in [0.1, 0.15) is 44.0 Å². The lowest BCUT2D eigenvalue weighted by molar-refractivity contribution is -0.144. The lowest BCUT2D eigenvalue weighted by atomic mass is 10.0. The highest BCUT2D eigenvalue weighted by Gasteiger charge is 2.39. The van der Waals surface area contributed by atoms with Crippen molar-refractivity contribution in [3.8, 4) is 5.75 Å². The zero-order valence-corrected chi connectivity index (χ0v) is 13.8. The number of Topliss-reactive ketones (excluding diaryl/α,β-unsaturated/α-hetero) is 1. The average Bonchev–Trinajstić information content (AvgIpc) is 2.57. The van der Waals surface area contributed by atoms with Gasteiger partial charge in [-0.25, -0.2) is 4.79 Å². The molecule has 1 aromatic carbocycles. The third-order valence-electron chi connectivity index (χ3n) is 3.92. The third-order valence-corrected chi connectivity index (χ3v) is 3.92. The Hall–Kier alpha value is -2.37. The second-order valence-corrected chi connectivity index (χ2v) is 5.37. The largest absolute Gasteiger partial charge is 0.479 e. The van der Waals surface area contributed by atoms with Crippen molar-refractivity contribution in [1.29, 1.82) is 0 Å². The summed E-state index contributed by atoms with van der Waals surface area (Å²) in [4.78, 5) is 38.0. The second kappa shape index (κ2) is 6.81. The fraction of sp³-hybridized carbons (Fsp3) is 0.471. The van der Waals surface area contributed by atoms with Crippen molar-refractivity contribution >= 4 is 23.3 Å². The van der Waals surface area contributed by atoms with E-state index in [9.17, 15) is 14.4 Å². The number of esters is 1. The van der Waals surface area contributed by atoms with Gasteiger partial charge in [0.15, 0.2) is 11.9 Å². The number of ketones is 1. The fourth-order valence-electron chi connectivity index (χ4n) is 2.65. The number of benzene rings is 1. The van der Waals surface area contributed by atoms with Gasteiger partial charge in [-0.2, -0.15) is 0 Å². The van der Waals surface area contributed by atoms with Gasteiger partial charge in [0.2, 0.25) is 0 Å². The number of methoxy groups -OCH3 is 1. The van der Waals surface area contributed by atoms with Crippen LogP contribution in [0.3, 0.4) is 0 Å². The van der Waals surface area contributed by atoms with Crippen molar-refractivity contribution < 1.29 is 23.9 Å². The summed E-state index contributed by atoms with van der Waals surface area (Å²) in [7, 11) is 1.29. The molecule has 1 aromatic rings. The van der Waals surface area contributed by atoms with Crippen molar-refractivity contribution in [2.24, 2.45) is 0 Å². The number of ether oxygens (including phenoxy) is 2. The van der Waals surface area contributed by atoms with E-state index in [1.165, 1.54) is 12.0 Å². The van der Waals surface area contributed by atoms with Crippen LogP contribution in [0.25, 0.3) is 0 Å². The molecule has 0 aromatic heterocycles. The number of carbonyl (C=O) groups excluding carboxylic acids is 3. The molecule has 0 aliphatic carbocycles. The number of amides is 1. The fourth-order valence-corrected chi connectivity index (χ4v) is 2.65. The number of carbonyl (C=O) groups is 3. The molecule has 1 amide bonds.